The minimum absolute atomic E-state index is 0.0620. The summed E-state index contributed by atoms with van der Waals surface area (Å²) < 4.78 is 5.54. The zero-order chi connectivity index (χ0) is 20.0. The van der Waals surface area contributed by atoms with Crippen molar-refractivity contribution in [1.82, 2.24) is 10.2 Å². The molecule has 0 aliphatic carbocycles. The molecule has 2 rings (SSSR count). The molecular formula is C20H22Cl2N2O3. The lowest BCUT2D eigenvalue weighted by molar-refractivity contribution is -0.129. The van der Waals surface area contributed by atoms with E-state index in [1.54, 1.807) is 49.5 Å². The van der Waals surface area contributed by atoms with Crippen LogP contribution in [0.25, 0.3) is 0 Å². The Kier molecular flexibility index (Phi) is 7.51. The number of benzene rings is 2. The molecule has 1 N–H and O–H groups in total. The van der Waals surface area contributed by atoms with Crippen LogP contribution < -0.4 is 10.1 Å². The molecule has 0 saturated heterocycles. The third kappa shape index (κ3) is 6.45. The van der Waals surface area contributed by atoms with Gasteiger partial charge < -0.3 is 15.0 Å². The summed E-state index contributed by atoms with van der Waals surface area (Å²) in [5.41, 5.74) is 1.24. The Morgan fingerprint density at radius 2 is 1.78 bits per heavy atom. The predicted molar refractivity (Wildman–Crippen MR) is 107 cm³/mol. The lowest BCUT2D eigenvalue weighted by atomic mass is 10.2. The van der Waals surface area contributed by atoms with E-state index in [-0.39, 0.29) is 24.5 Å². The summed E-state index contributed by atoms with van der Waals surface area (Å²) in [4.78, 5) is 26.0. The second kappa shape index (κ2) is 9.62. The van der Waals surface area contributed by atoms with Crippen molar-refractivity contribution in [2.75, 3.05) is 13.6 Å². The molecule has 144 valence electrons. The van der Waals surface area contributed by atoms with Gasteiger partial charge in [-0.25, -0.2) is 0 Å². The average Bonchev–Trinajstić information content (AvgIpc) is 2.61. The van der Waals surface area contributed by atoms with Crippen LogP contribution in [0.3, 0.4) is 0 Å². The van der Waals surface area contributed by atoms with Crippen molar-refractivity contribution >= 4 is 35.0 Å². The van der Waals surface area contributed by atoms with Crippen LogP contribution in [0.2, 0.25) is 10.0 Å². The summed E-state index contributed by atoms with van der Waals surface area (Å²) in [6.45, 7) is 4.08. The van der Waals surface area contributed by atoms with Gasteiger partial charge >= 0.3 is 0 Å². The van der Waals surface area contributed by atoms with Crippen LogP contribution in [0.4, 0.5) is 0 Å². The smallest absolute Gasteiger partial charge is 0.251 e. The van der Waals surface area contributed by atoms with E-state index < -0.39 is 0 Å². The maximum absolute atomic E-state index is 12.3. The molecule has 0 saturated carbocycles. The zero-order valence-electron chi connectivity index (χ0n) is 15.5. The van der Waals surface area contributed by atoms with E-state index in [0.29, 0.717) is 27.9 Å². The van der Waals surface area contributed by atoms with E-state index >= 15 is 0 Å². The van der Waals surface area contributed by atoms with Crippen molar-refractivity contribution < 1.29 is 14.3 Å². The highest BCUT2D eigenvalue weighted by Gasteiger charge is 2.14. The number of carbonyl (C=O) groups excluding carboxylic acids is 2. The van der Waals surface area contributed by atoms with Crippen LogP contribution in [0.5, 0.6) is 5.75 Å². The molecular weight excluding hydrogens is 387 g/mol. The normalized spacial score (nSPS) is 10.6. The van der Waals surface area contributed by atoms with Crippen molar-refractivity contribution in [1.29, 1.82) is 0 Å². The Labute approximate surface area is 169 Å². The fraction of sp³-hybridized carbons (Fsp3) is 0.300. The van der Waals surface area contributed by atoms with Gasteiger partial charge in [0.05, 0.1) is 12.6 Å². The van der Waals surface area contributed by atoms with E-state index in [2.05, 4.69) is 5.32 Å². The second-order valence-electron chi connectivity index (χ2n) is 6.36. The van der Waals surface area contributed by atoms with Gasteiger partial charge in [-0.1, -0.05) is 29.3 Å². The molecule has 2 aromatic rings. The minimum atomic E-state index is -0.322. The van der Waals surface area contributed by atoms with Gasteiger partial charge in [0.15, 0.2) is 0 Å². The Hall–Kier alpha value is -2.24. The topological polar surface area (TPSA) is 58.6 Å². The first-order valence-corrected chi connectivity index (χ1v) is 9.24. The van der Waals surface area contributed by atoms with Crippen LogP contribution in [0.15, 0.2) is 42.5 Å². The summed E-state index contributed by atoms with van der Waals surface area (Å²) in [6, 6.07) is 11.9. The number of nitrogens with zero attached hydrogens (tertiary/aromatic N) is 1. The summed E-state index contributed by atoms with van der Waals surface area (Å²) in [7, 11) is 1.65. The molecule has 0 aromatic heterocycles. The summed E-state index contributed by atoms with van der Waals surface area (Å²) in [5.74, 6) is 0.142. The lowest BCUT2D eigenvalue weighted by Crippen LogP contribution is -2.37. The standard InChI is InChI=1S/C20H22Cl2N2O3/c1-13(2)27-17-8-5-14(6-9-17)20(26)23-11-19(25)24(3)12-15-4-7-16(21)10-18(15)22/h4-10,13H,11-12H2,1-3H3,(H,23,26). The third-order valence-corrected chi connectivity index (χ3v) is 4.32. The first-order chi connectivity index (χ1) is 12.8. The second-order valence-corrected chi connectivity index (χ2v) is 7.20. The van der Waals surface area contributed by atoms with Crippen molar-refractivity contribution in [2.24, 2.45) is 0 Å². The Balaban J connectivity index is 1.87. The molecule has 0 fully saturated rings. The third-order valence-electron chi connectivity index (χ3n) is 3.74. The SMILES string of the molecule is CC(C)Oc1ccc(C(=O)NCC(=O)N(C)Cc2ccc(Cl)cc2Cl)cc1. The Morgan fingerprint density at radius 3 is 2.37 bits per heavy atom. The highest BCUT2D eigenvalue weighted by Crippen LogP contribution is 2.22. The van der Waals surface area contributed by atoms with Gasteiger partial charge in [-0.2, -0.15) is 0 Å². The van der Waals surface area contributed by atoms with Gasteiger partial charge in [-0.15, -0.1) is 0 Å². The van der Waals surface area contributed by atoms with Crippen molar-refractivity contribution in [3.8, 4) is 5.75 Å². The molecule has 0 unspecified atom stereocenters. The van der Waals surface area contributed by atoms with Crippen LogP contribution >= 0.6 is 23.2 Å². The zero-order valence-corrected chi connectivity index (χ0v) is 17.0. The van der Waals surface area contributed by atoms with E-state index in [4.69, 9.17) is 27.9 Å². The van der Waals surface area contributed by atoms with Crippen LogP contribution in [0.1, 0.15) is 29.8 Å². The molecule has 0 heterocycles. The van der Waals surface area contributed by atoms with Gasteiger partial charge in [-0.05, 0) is 55.8 Å². The molecule has 0 spiro atoms. The Bertz CT molecular complexity index is 807. The summed E-state index contributed by atoms with van der Waals surface area (Å²) >= 11 is 12.0. The maximum Gasteiger partial charge on any atom is 0.251 e. The number of hydrogen-bond donors (Lipinski definition) is 1. The summed E-state index contributed by atoms with van der Waals surface area (Å²) in [5, 5.41) is 3.66. The molecule has 27 heavy (non-hydrogen) atoms. The van der Waals surface area contributed by atoms with E-state index in [9.17, 15) is 9.59 Å². The fourth-order valence-electron chi connectivity index (χ4n) is 2.34. The van der Waals surface area contributed by atoms with Crippen molar-refractivity contribution in [3.63, 3.8) is 0 Å². The number of ether oxygens (including phenoxy) is 1. The number of carbonyl (C=O) groups is 2. The number of rotatable bonds is 7. The highest BCUT2D eigenvalue weighted by molar-refractivity contribution is 6.35. The minimum Gasteiger partial charge on any atom is -0.491 e. The van der Waals surface area contributed by atoms with Crippen molar-refractivity contribution in [2.45, 2.75) is 26.5 Å². The van der Waals surface area contributed by atoms with Crippen LogP contribution in [-0.4, -0.2) is 36.4 Å². The van der Waals surface area contributed by atoms with E-state index in [1.807, 2.05) is 13.8 Å². The average molecular weight is 409 g/mol. The van der Waals surface area contributed by atoms with Crippen LogP contribution in [-0.2, 0) is 11.3 Å². The first kappa shape index (κ1) is 21.1. The van der Waals surface area contributed by atoms with Gasteiger partial charge in [0.25, 0.3) is 5.91 Å². The molecule has 0 radical (unpaired) electrons. The van der Waals surface area contributed by atoms with Gasteiger partial charge in [0.1, 0.15) is 5.75 Å². The van der Waals surface area contributed by atoms with Gasteiger partial charge in [0, 0.05) is 29.2 Å². The molecule has 0 aliphatic rings. The molecule has 7 heteroatoms. The molecule has 0 atom stereocenters. The number of halogens is 2. The first-order valence-electron chi connectivity index (χ1n) is 8.49. The van der Waals surface area contributed by atoms with E-state index in [1.165, 1.54) is 4.90 Å². The number of amides is 2. The summed E-state index contributed by atoms with van der Waals surface area (Å²) in [6.07, 6.45) is 0.0620. The van der Waals surface area contributed by atoms with E-state index in [0.717, 1.165) is 5.56 Å². The van der Waals surface area contributed by atoms with Crippen molar-refractivity contribution in [3.05, 3.63) is 63.6 Å². The molecule has 5 nitrogen and oxygen atoms in total. The molecule has 2 aromatic carbocycles. The molecule has 0 bridgehead atoms. The Morgan fingerprint density at radius 1 is 1.11 bits per heavy atom. The van der Waals surface area contributed by atoms with Gasteiger partial charge in [-0.3, -0.25) is 9.59 Å². The van der Waals surface area contributed by atoms with Crippen LogP contribution in [0, 0.1) is 0 Å². The highest BCUT2D eigenvalue weighted by atomic mass is 35.5. The molecule has 2 amide bonds. The fourth-order valence-corrected chi connectivity index (χ4v) is 2.81. The largest absolute Gasteiger partial charge is 0.491 e. The monoisotopic (exact) mass is 408 g/mol. The number of hydrogen-bond acceptors (Lipinski definition) is 3. The number of likely N-dealkylation sites (N-methyl/N-ethyl adjacent to an activating group) is 1. The quantitative estimate of drug-likeness (QED) is 0.747. The lowest BCUT2D eigenvalue weighted by Gasteiger charge is -2.18. The number of nitrogens with one attached hydrogen (secondary N) is 1. The van der Waals surface area contributed by atoms with Gasteiger partial charge in [0.2, 0.25) is 5.91 Å². The molecule has 0 aliphatic heterocycles. The maximum atomic E-state index is 12.3. The predicted octanol–water partition coefficient (Wildman–Crippen LogP) is 4.17.